The number of nitrogens with zero attached hydrogens (tertiary/aromatic N) is 1. The van der Waals surface area contributed by atoms with Gasteiger partial charge in [0.15, 0.2) is 0 Å². The van der Waals surface area contributed by atoms with Gasteiger partial charge in [0.25, 0.3) is 0 Å². The lowest BCUT2D eigenvalue weighted by Crippen LogP contribution is -2.19. The first-order valence-corrected chi connectivity index (χ1v) is 5.65. The van der Waals surface area contributed by atoms with Crippen molar-refractivity contribution in [2.24, 2.45) is 0 Å². The molecule has 0 aromatic heterocycles. The van der Waals surface area contributed by atoms with Crippen LogP contribution in [0.4, 0.5) is 4.39 Å². The third kappa shape index (κ3) is 2.73. The summed E-state index contributed by atoms with van der Waals surface area (Å²) in [5.74, 6) is 0.0632. The molecule has 0 atom stereocenters. The maximum absolute atomic E-state index is 13.1. The van der Waals surface area contributed by atoms with Crippen LogP contribution in [0, 0.1) is 17.1 Å². The third-order valence-electron chi connectivity index (χ3n) is 2.86. The topological polar surface area (TPSA) is 33.0 Å². The van der Waals surface area contributed by atoms with Crippen LogP contribution >= 0.6 is 0 Å². The van der Waals surface area contributed by atoms with Crippen molar-refractivity contribution in [3.05, 3.63) is 29.6 Å². The summed E-state index contributed by atoms with van der Waals surface area (Å²) in [6, 6.07) is 6.08. The van der Waals surface area contributed by atoms with Gasteiger partial charge < -0.3 is 4.74 Å². The first kappa shape index (κ1) is 10.9. The largest absolute Gasteiger partial charge is 0.490 e. The van der Waals surface area contributed by atoms with Gasteiger partial charge in [-0.25, -0.2) is 4.39 Å². The van der Waals surface area contributed by atoms with Crippen molar-refractivity contribution in [1.29, 1.82) is 5.26 Å². The molecule has 0 aliphatic heterocycles. The lowest BCUT2D eigenvalue weighted by Gasteiger charge is -2.23. The maximum Gasteiger partial charge on any atom is 0.128 e. The Kier molecular flexibility index (Phi) is 3.40. The van der Waals surface area contributed by atoms with Crippen molar-refractivity contribution >= 4 is 0 Å². The maximum atomic E-state index is 13.1. The molecule has 1 aromatic carbocycles. The highest BCUT2D eigenvalue weighted by molar-refractivity contribution is 5.37. The number of ether oxygens (including phenoxy) is 1. The molecule has 0 saturated heterocycles. The first-order valence-electron chi connectivity index (χ1n) is 5.65. The molecule has 0 radical (unpaired) electrons. The Bertz CT molecular complexity index is 405. The SMILES string of the molecule is N#Cc1cc(F)cc(OC2CCCCC2)c1. The van der Waals surface area contributed by atoms with Crippen LogP contribution in [0.25, 0.3) is 0 Å². The number of halogens is 1. The predicted octanol–water partition coefficient (Wildman–Crippen LogP) is 3.41. The molecule has 0 unspecified atom stereocenters. The molecule has 1 aliphatic carbocycles. The van der Waals surface area contributed by atoms with Crippen LogP contribution in [0.1, 0.15) is 37.7 Å². The van der Waals surface area contributed by atoms with Gasteiger partial charge >= 0.3 is 0 Å². The zero-order valence-corrected chi connectivity index (χ0v) is 9.08. The number of nitriles is 1. The molecule has 0 spiro atoms. The molecule has 0 amide bonds. The molecule has 0 bridgehead atoms. The Morgan fingerprint density at radius 1 is 1.19 bits per heavy atom. The average molecular weight is 219 g/mol. The summed E-state index contributed by atoms with van der Waals surface area (Å²) < 4.78 is 18.8. The normalized spacial score (nSPS) is 16.8. The standard InChI is InChI=1S/C13H14FNO/c14-11-6-10(9-15)7-13(8-11)16-12-4-2-1-3-5-12/h6-8,12H,1-5H2. The van der Waals surface area contributed by atoms with Gasteiger partial charge in [-0.3, -0.25) is 0 Å². The van der Waals surface area contributed by atoms with Gasteiger partial charge in [0.2, 0.25) is 0 Å². The van der Waals surface area contributed by atoms with E-state index >= 15 is 0 Å². The van der Waals surface area contributed by atoms with Crippen molar-refractivity contribution in [2.75, 3.05) is 0 Å². The van der Waals surface area contributed by atoms with Crippen LogP contribution in [0.2, 0.25) is 0 Å². The summed E-state index contributed by atoms with van der Waals surface area (Å²) >= 11 is 0. The highest BCUT2D eigenvalue weighted by atomic mass is 19.1. The Labute approximate surface area is 94.7 Å². The van der Waals surface area contributed by atoms with Crippen molar-refractivity contribution < 1.29 is 9.13 Å². The molecule has 16 heavy (non-hydrogen) atoms. The molecule has 0 N–H and O–H groups in total. The minimum absolute atomic E-state index is 0.182. The quantitative estimate of drug-likeness (QED) is 0.763. The molecular formula is C13H14FNO. The number of rotatable bonds is 2. The summed E-state index contributed by atoms with van der Waals surface area (Å²) in [6.45, 7) is 0. The highest BCUT2D eigenvalue weighted by Gasteiger charge is 2.15. The Hall–Kier alpha value is -1.56. The van der Waals surface area contributed by atoms with E-state index in [-0.39, 0.29) is 6.10 Å². The van der Waals surface area contributed by atoms with Crippen LogP contribution in [-0.4, -0.2) is 6.10 Å². The van der Waals surface area contributed by atoms with E-state index < -0.39 is 5.82 Å². The molecule has 1 fully saturated rings. The highest BCUT2D eigenvalue weighted by Crippen LogP contribution is 2.24. The van der Waals surface area contributed by atoms with Gasteiger partial charge in [-0.05, 0) is 37.8 Å². The van der Waals surface area contributed by atoms with Crippen LogP contribution in [0.3, 0.4) is 0 Å². The molecule has 1 aliphatic rings. The van der Waals surface area contributed by atoms with Crippen LogP contribution < -0.4 is 4.74 Å². The van der Waals surface area contributed by atoms with E-state index in [1.54, 1.807) is 6.07 Å². The van der Waals surface area contributed by atoms with Crippen LogP contribution in [0.5, 0.6) is 5.75 Å². The second kappa shape index (κ2) is 4.98. The third-order valence-corrected chi connectivity index (χ3v) is 2.86. The van der Waals surface area contributed by atoms with E-state index in [1.807, 2.05) is 6.07 Å². The molecule has 3 heteroatoms. The average Bonchev–Trinajstić information content (AvgIpc) is 2.29. The number of benzene rings is 1. The van der Waals surface area contributed by atoms with E-state index in [4.69, 9.17) is 10.00 Å². The lowest BCUT2D eigenvalue weighted by atomic mass is 9.98. The van der Waals surface area contributed by atoms with E-state index in [9.17, 15) is 4.39 Å². The second-order valence-electron chi connectivity index (χ2n) is 4.17. The summed E-state index contributed by atoms with van der Waals surface area (Å²) in [7, 11) is 0. The van der Waals surface area contributed by atoms with Gasteiger partial charge in [0.1, 0.15) is 11.6 Å². The molecule has 84 valence electrons. The van der Waals surface area contributed by atoms with Gasteiger partial charge in [-0.15, -0.1) is 0 Å². The molecule has 1 aromatic rings. The summed E-state index contributed by atoms with van der Waals surface area (Å²) in [6.07, 6.45) is 5.83. The fourth-order valence-corrected chi connectivity index (χ4v) is 2.07. The summed E-state index contributed by atoms with van der Waals surface area (Å²) in [4.78, 5) is 0. The molecule has 2 nitrogen and oxygen atoms in total. The first-order chi connectivity index (χ1) is 7.78. The van der Waals surface area contributed by atoms with Gasteiger partial charge in [-0.1, -0.05) is 6.42 Å². The molecule has 2 rings (SSSR count). The van der Waals surface area contributed by atoms with Crippen LogP contribution in [0.15, 0.2) is 18.2 Å². The Balaban J connectivity index is 2.08. The number of hydrogen-bond acceptors (Lipinski definition) is 2. The van der Waals surface area contributed by atoms with Crippen molar-refractivity contribution in [3.63, 3.8) is 0 Å². The van der Waals surface area contributed by atoms with E-state index in [0.29, 0.717) is 11.3 Å². The predicted molar refractivity (Wildman–Crippen MR) is 58.6 cm³/mol. The van der Waals surface area contributed by atoms with E-state index in [2.05, 4.69) is 0 Å². The number of hydrogen-bond donors (Lipinski definition) is 0. The van der Waals surface area contributed by atoms with Crippen molar-refractivity contribution in [1.82, 2.24) is 0 Å². The van der Waals surface area contributed by atoms with Crippen molar-refractivity contribution in [3.8, 4) is 11.8 Å². The van der Waals surface area contributed by atoms with Crippen molar-refractivity contribution in [2.45, 2.75) is 38.2 Å². The smallest absolute Gasteiger partial charge is 0.128 e. The van der Waals surface area contributed by atoms with Gasteiger partial charge in [0, 0.05) is 6.07 Å². The summed E-state index contributed by atoms with van der Waals surface area (Å²) in [5.41, 5.74) is 0.311. The Morgan fingerprint density at radius 3 is 2.62 bits per heavy atom. The zero-order chi connectivity index (χ0) is 11.4. The molecule has 1 saturated carbocycles. The minimum atomic E-state index is -0.412. The second-order valence-corrected chi connectivity index (χ2v) is 4.17. The Morgan fingerprint density at radius 2 is 1.94 bits per heavy atom. The van der Waals surface area contributed by atoms with E-state index in [1.165, 1.54) is 31.4 Å². The monoisotopic (exact) mass is 219 g/mol. The minimum Gasteiger partial charge on any atom is -0.490 e. The summed E-state index contributed by atoms with van der Waals surface area (Å²) in [5, 5.41) is 8.72. The lowest BCUT2D eigenvalue weighted by molar-refractivity contribution is 0.154. The fourth-order valence-electron chi connectivity index (χ4n) is 2.07. The molecular weight excluding hydrogens is 205 g/mol. The fraction of sp³-hybridized carbons (Fsp3) is 0.462. The van der Waals surface area contributed by atoms with Gasteiger partial charge in [0.05, 0.1) is 17.7 Å². The van der Waals surface area contributed by atoms with E-state index in [0.717, 1.165) is 12.8 Å². The van der Waals surface area contributed by atoms with Crippen LogP contribution in [-0.2, 0) is 0 Å². The van der Waals surface area contributed by atoms with Gasteiger partial charge in [-0.2, -0.15) is 5.26 Å². The zero-order valence-electron chi connectivity index (χ0n) is 9.08. The molecule has 0 heterocycles.